The monoisotopic (exact) mass is 192 g/mol. The number of hydrogen-bond acceptors (Lipinski definition) is 5. The van der Waals surface area contributed by atoms with Gasteiger partial charge in [-0.25, -0.2) is 0 Å². The van der Waals surface area contributed by atoms with Gasteiger partial charge in [-0.05, 0) is 18.9 Å². The minimum absolute atomic E-state index is 0.127. The second-order valence-electron chi connectivity index (χ2n) is 3.17. The van der Waals surface area contributed by atoms with Gasteiger partial charge in [0.25, 0.3) is 5.97 Å². The molecule has 13 heavy (non-hydrogen) atoms. The van der Waals surface area contributed by atoms with Crippen LogP contribution in [0.2, 0.25) is 0 Å². The molecular weight excluding hydrogens is 176 g/mol. The maximum absolute atomic E-state index is 9.21. The molecule has 5 heteroatoms. The van der Waals surface area contributed by atoms with Crippen LogP contribution in [0.3, 0.4) is 0 Å². The van der Waals surface area contributed by atoms with E-state index < -0.39 is 24.6 Å². The summed E-state index contributed by atoms with van der Waals surface area (Å²) in [5, 5.41) is 43.9. The van der Waals surface area contributed by atoms with Crippen LogP contribution in [0.25, 0.3) is 0 Å². The minimum Gasteiger partial charge on any atom is -0.390 e. The van der Waals surface area contributed by atoms with Crippen molar-refractivity contribution < 1.29 is 25.5 Å². The van der Waals surface area contributed by atoms with Crippen LogP contribution in [-0.4, -0.2) is 43.7 Å². The van der Waals surface area contributed by atoms with Gasteiger partial charge >= 0.3 is 0 Å². The molecule has 0 amide bonds. The third kappa shape index (κ3) is 5.73. The molecular formula is C8H16O5. The first-order valence-electron chi connectivity index (χ1n) is 3.92. The Morgan fingerprint density at radius 1 is 1.31 bits per heavy atom. The maximum atomic E-state index is 9.21. The summed E-state index contributed by atoms with van der Waals surface area (Å²) in [5.74, 6) is -2.80. The molecule has 5 nitrogen and oxygen atoms in total. The number of aliphatic hydroxyl groups excluding tert-OH is 2. The molecule has 0 spiro atoms. The average molecular weight is 192 g/mol. The highest BCUT2D eigenvalue weighted by molar-refractivity contribution is 4.99. The molecule has 0 radical (unpaired) electrons. The van der Waals surface area contributed by atoms with Crippen molar-refractivity contribution in [2.75, 3.05) is 0 Å². The van der Waals surface area contributed by atoms with E-state index in [1.807, 2.05) is 0 Å². The van der Waals surface area contributed by atoms with E-state index in [4.69, 9.17) is 15.3 Å². The quantitative estimate of drug-likeness (QED) is 0.275. The van der Waals surface area contributed by atoms with Gasteiger partial charge in [0, 0.05) is 6.42 Å². The summed E-state index contributed by atoms with van der Waals surface area (Å²) >= 11 is 0. The SMILES string of the molecule is C=C(C)C(O)C(O)CCC(O)(O)O. The number of hydrogen-bond donors (Lipinski definition) is 5. The number of aliphatic hydroxyl groups is 5. The van der Waals surface area contributed by atoms with Crippen LogP contribution in [0.4, 0.5) is 0 Å². The Hall–Kier alpha value is -0.460. The van der Waals surface area contributed by atoms with Gasteiger partial charge < -0.3 is 25.5 Å². The van der Waals surface area contributed by atoms with Crippen molar-refractivity contribution in [2.45, 2.75) is 37.9 Å². The van der Waals surface area contributed by atoms with Crippen molar-refractivity contribution in [1.82, 2.24) is 0 Å². The fraction of sp³-hybridized carbons (Fsp3) is 0.750. The Morgan fingerprint density at radius 2 is 1.77 bits per heavy atom. The second-order valence-corrected chi connectivity index (χ2v) is 3.17. The summed E-state index contributed by atoms with van der Waals surface area (Å²) in [6.45, 7) is 4.96. The lowest BCUT2D eigenvalue weighted by Gasteiger charge is -2.20. The molecule has 0 bridgehead atoms. The largest absolute Gasteiger partial charge is 0.390 e. The Balaban J connectivity index is 3.88. The maximum Gasteiger partial charge on any atom is 0.275 e. The highest BCUT2D eigenvalue weighted by Gasteiger charge is 2.23. The van der Waals surface area contributed by atoms with Gasteiger partial charge in [-0.1, -0.05) is 6.58 Å². The van der Waals surface area contributed by atoms with Crippen molar-refractivity contribution in [3.8, 4) is 0 Å². The summed E-state index contributed by atoms with van der Waals surface area (Å²) in [7, 11) is 0. The molecule has 0 rings (SSSR count). The summed E-state index contributed by atoms with van der Waals surface area (Å²) in [6, 6.07) is 0. The first-order chi connectivity index (χ1) is 5.74. The fourth-order valence-corrected chi connectivity index (χ4v) is 0.828. The lowest BCUT2D eigenvalue weighted by atomic mass is 10.0. The molecule has 78 valence electrons. The lowest BCUT2D eigenvalue weighted by Crippen LogP contribution is -2.32. The van der Waals surface area contributed by atoms with Gasteiger partial charge in [0.05, 0.1) is 6.10 Å². The Kier molecular flexibility index (Phi) is 4.52. The van der Waals surface area contributed by atoms with Crippen LogP contribution in [0, 0.1) is 0 Å². The molecule has 0 aliphatic heterocycles. The predicted octanol–water partition coefficient (Wildman–Crippen LogP) is -1.30. The van der Waals surface area contributed by atoms with E-state index in [0.717, 1.165) is 0 Å². The highest BCUT2D eigenvalue weighted by Crippen LogP contribution is 2.13. The van der Waals surface area contributed by atoms with Crippen molar-refractivity contribution >= 4 is 0 Å². The van der Waals surface area contributed by atoms with Crippen LogP contribution in [-0.2, 0) is 0 Å². The van der Waals surface area contributed by atoms with Gasteiger partial charge in [-0.2, -0.15) is 0 Å². The zero-order chi connectivity index (χ0) is 10.6. The zero-order valence-corrected chi connectivity index (χ0v) is 7.51. The predicted molar refractivity (Wildman–Crippen MR) is 45.4 cm³/mol. The Labute approximate surface area is 76.6 Å². The first kappa shape index (κ1) is 12.5. The van der Waals surface area contributed by atoms with Crippen LogP contribution < -0.4 is 0 Å². The van der Waals surface area contributed by atoms with E-state index in [2.05, 4.69) is 6.58 Å². The first-order valence-corrected chi connectivity index (χ1v) is 3.92. The molecule has 0 saturated heterocycles. The molecule has 2 unspecified atom stereocenters. The van der Waals surface area contributed by atoms with Gasteiger partial charge in [-0.15, -0.1) is 0 Å². The Bertz CT molecular complexity index is 172. The molecule has 0 aromatic carbocycles. The molecule has 0 aliphatic carbocycles. The van der Waals surface area contributed by atoms with E-state index in [9.17, 15) is 10.2 Å². The standard InChI is InChI=1S/C8H16O5/c1-5(2)7(10)6(9)3-4-8(11,12)13/h6-7,9-13H,1,3-4H2,2H3. The minimum atomic E-state index is -2.80. The van der Waals surface area contributed by atoms with E-state index in [1.54, 1.807) is 0 Å². The van der Waals surface area contributed by atoms with E-state index in [0.29, 0.717) is 5.57 Å². The lowest BCUT2D eigenvalue weighted by molar-refractivity contribution is -0.316. The molecule has 0 heterocycles. The van der Waals surface area contributed by atoms with Gasteiger partial charge in [-0.3, -0.25) is 0 Å². The third-order valence-electron chi connectivity index (χ3n) is 1.64. The Morgan fingerprint density at radius 3 is 2.08 bits per heavy atom. The van der Waals surface area contributed by atoms with Crippen molar-refractivity contribution in [2.24, 2.45) is 0 Å². The molecule has 0 aromatic heterocycles. The molecule has 0 aromatic rings. The normalized spacial score (nSPS) is 16.8. The molecule has 0 aliphatic rings. The summed E-state index contributed by atoms with van der Waals surface area (Å²) in [5.41, 5.74) is 0.381. The fourth-order valence-electron chi connectivity index (χ4n) is 0.828. The molecule has 0 saturated carbocycles. The number of rotatable bonds is 5. The van der Waals surface area contributed by atoms with Crippen molar-refractivity contribution in [1.29, 1.82) is 0 Å². The molecule has 2 atom stereocenters. The van der Waals surface area contributed by atoms with Gasteiger partial charge in [0.1, 0.15) is 6.10 Å². The smallest absolute Gasteiger partial charge is 0.275 e. The summed E-state index contributed by atoms with van der Waals surface area (Å²) < 4.78 is 0. The van der Waals surface area contributed by atoms with Crippen LogP contribution in [0.15, 0.2) is 12.2 Å². The third-order valence-corrected chi connectivity index (χ3v) is 1.64. The molecule has 5 N–H and O–H groups in total. The highest BCUT2D eigenvalue weighted by atomic mass is 16.7. The van der Waals surface area contributed by atoms with Crippen molar-refractivity contribution in [3.05, 3.63) is 12.2 Å². The topological polar surface area (TPSA) is 101 Å². The molecule has 0 fully saturated rings. The van der Waals surface area contributed by atoms with E-state index in [1.165, 1.54) is 6.92 Å². The van der Waals surface area contributed by atoms with E-state index in [-0.39, 0.29) is 6.42 Å². The average Bonchev–Trinajstić information content (AvgIpc) is 1.97. The summed E-state index contributed by atoms with van der Waals surface area (Å²) in [6.07, 6.45) is -2.82. The van der Waals surface area contributed by atoms with Gasteiger partial charge in [0.2, 0.25) is 0 Å². The van der Waals surface area contributed by atoms with Gasteiger partial charge in [0.15, 0.2) is 0 Å². The van der Waals surface area contributed by atoms with Crippen LogP contribution >= 0.6 is 0 Å². The summed E-state index contributed by atoms with van der Waals surface area (Å²) in [4.78, 5) is 0. The second kappa shape index (κ2) is 4.69. The van der Waals surface area contributed by atoms with E-state index >= 15 is 0 Å². The van der Waals surface area contributed by atoms with Crippen LogP contribution in [0.5, 0.6) is 0 Å². The van der Waals surface area contributed by atoms with Crippen molar-refractivity contribution in [3.63, 3.8) is 0 Å². The van der Waals surface area contributed by atoms with Crippen LogP contribution in [0.1, 0.15) is 19.8 Å². The zero-order valence-electron chi connectivity index (χ0n) is 7.51.